The molecule has 0 amide bonds. The minimum atomic E-state index is -4.39. The maximum absolute atomic E-state index is 13.0. The quantitative estimate of drug-likeness (QED) is 0.477. The van der Waals surface area contributed by atoms with Crippen molar-refractivity contribution in [2.24, 2.45) is 0 Å². The Balaban J connectivity index is 1.31. The van der Waals surface area contributed by atoms with E-state index in [2.05, 4.69) is 4.98 Å². The molecule has 0 saturated carbocycles. The van der Waals surface area contributed by atoms with Crippen LogP contribution in [0.2, 0.25) is 0 Å². The van der Waals surface area contributed by atoms with Crippen molar-refractivity contribution in [3.05, 3.63) is 65.5 Å². The number of ether oxygens (including phenoxy) is 1. The van der Waals surface area contributed by atoms with Gasteiger partial charge in [0.2, 0.25) is 5.89 Å². The Morgan fingerprint density at radius 2 is 1.86 bits per heavy atom. The molecule has 2 atom stereocenters. The highest BCUT2D eigenvalue weighted by molar-refractivity contribution is 7.84. The highest BCUT2D eigenvalue weighted by atomic mass is 32.2. The topological polar surface area (TPSA) is 79.0 Å². The lowest BCUT2D eigenvalue weighted by Crippen LogP contribution is -2.51. The molecule has 1 aliphatic heterocycles. The van der Waals surface area contributed by atoms with Crippen LogP contribution in [-0.2, 0) is 22.7 Å². The van der Waals surface area contributed by atoms with Gasteiger partial charge in [0.15, 0.2) is 0 Å². The number of nitrogens with zero attached hydrogens (tertiary/aromatic N) is 3. The number of rotatable bonds is 8. The van der Waals surface area contributed by atoms with Crippen LogP contribution in [0.15, 0.2) is 52.9 Å². The van der Waals surface area contributed by atoms with E-state index in [1.807, 2.05) is 23.1 Å². The molecule has 1 saturated heterocycles. The Hall–Kier alpha value is -2.89. The third-order valence-corrected chi connectivity index (χ3v) is 7.38. The molecular formula is C25H28F3N3O4S. The molecule has 2 unspecified atom stereocenters. The maximum Gasteiger partial charge on any atom is 0.416 e. The number of alkyl halides is 3. The summed E-state index contributed by atoms with van der Waals surface area (Å²) in [5.41, 5.74) is 1.12. The number of hydrogen-bond acceptors (Lipinski definition) is 7. The van der Waals surface area contributed by atoms with E-state index in [0.717, 1.165) is 17.7 Å². The Kier molecular flexibility index (Phi) is 8.01. The van der Waals surface area contributed by atoms with Gasteiger partial charge in [0, 0.05) is 48.2 Å². The summed E-state index contributed by atoms with van der Waals surface area (Å²) >= 11 is 0. The zero-order valence-corrected chi connectivity index (χ0v) is 20.8. The number of aryl methyl sites for hydroxylation is 1. The molecule has 3 aromatic rings. The first kappa shape index (κ1) is 26.2. The smallest absolute Gasteiger partial charge is 0.416 e. The minimum absolute atomic E-state index is 0.0321. The van der Waals surface area contributed by atoms with Crippen LogP contribution in [0.1, 0.15) is 17.0 Å². The Morgan fingerprint density at radius 3 is 2.56 bits per heavy atom. The van der Waals surface area contributed by atoms with Crippen LogP contribution in [0, 0.1) is 6.92 Å². The lowest BCUT2D eigenvalue weighted by molar-refractivity contribution is -0.137. The van der Waals surface area contributed by atoms with Gasteiger partial charge in [-0.1, -0.05) is 12.1 Å². The van der Waals surface area contributed by atoms with Crippen molar-refractivity contribution in [1.82, 2.24) is 9.88 Å². The molecule has 194 valence electrons. The Bertz CT molecular complexity index is 1210. The molecule has 1 fully saturated rings. The summed E-state index contributed by atoms with van der Waals surface area (Å²) in [6, 6.07) is 12.5. The van der Waals surface area contributed by atoms with Crippen molar-refractivity contribution in [2.45, 2.75) is 25.1 Å². The summed E-state index contributed by atoms with van der Waals surface area (Å²) in [4.78, 5) is 8.13. The fourth-order valence-corrected chi connectivity index (χ4v) is 5.32. The van der Waals surface area contributed by atoms with Crippen LogP contribution in [0.25, 0.3) is 11.5 Å². The van der Waals surface area contributed by atoms with E-state index in [1.54, 1.807) is 31.1 Å². The third kappa shape index (κ3) is 6.26. The molecule has 0 aliphatic carbocycles. The largest absolute Gasteiger partial charge is 0.497 e. The van der Waals surface area contributed by atoms with Crippen molar-refractivity contribution in [3.8, 4) is 17.2 Å². The van der Waals surface area contributed by atoms with E-state index < -0.39 is 28.8 Å². The number of piperazine rings is 1. The molecule has 7 nitrogen and oxygen atoms in total. The van der Waals surface area contributed by atoms with Gasteiger partial charge in [0.05, 0.1) is 29.9 Å². The first-order valence-corrected chi connectivity index (χ1v) is 12.9. The molecule has 4 rings (SSSR count). The second kappa shape index (κ2) is 11.0. The molecule has 2 heterocycles. The number of oxazole rings is 1. The number of halogens is 3. The normalized spacial score (nSPS) is 16.7. The van der Waals surface area contributed by atoms with E-state index in [4.69, 9.17) is 9.15 Å². The van der Waals surface area contributed by atoms with E-state index in [0.29, 0.717) is 55.0 Å². The van der Waals surface area contributed by atoms with Crippen LogP contribution in [0.4, 0.5) is 18.9 Å². The number of aliphatic hydroxyl groups is 1. The van der Waals surface area contributed by atoms with Gasteiger partial charge in [-0.3, -0.25) is 9.11 Å². The van der Waals surface area contributed by atoms with Crippen LogP contribution in [0.3, 0.4) is 0 Å². The van der Waals surface area contributed by atoms with E-state index >= 15 is 0 Å². The van der Waals surface area contributed by atoms with Gasteiger partial charge < -0.3 is 19.2 Å². The van der Waals surface area contributed by atoms with Crippen LogP contribution >= 0.6 is 0 Å². The highest BCUT2D eigenvalue weighted by Gasteiger charge is 2.31. The van der Waals surface area contributed by atoms with Crippen LogP contribution < -0.4 is 9.64 Å². The summed E-state index contributed by atoms with van der Waals surface area (Å²) < 4.78 is 62.8. The van der Waals surface area contributed by atoms with E-state index in [1.165, 1.54) is 6.07 Å². The van der Waals surface area contributed by atoms with E-state index in [9.17, 15) is 22.5 Å². The van der Waals surface area contributed by atoms with Crippen LogP contribution in [-0.4, -0.2) is 64.5 Å². The lowest BCUT2D eigenvalue weighted by Gasteiger charge is -2.38. The molecule has 1 aromatic heterocycles. The summed E-state index contributed by atoms with van der Waals surface area (Å²) in [6.45, 7) is 3.55. The summed E-state index contributed by atoms with van der Waals surface area (Å²) in [5, 5.41) is 10.6. The van der Waals surface area contributed by atoms with Crippen molar-refractivity contribution in [2.75, 3.05) is 43.9 Å². The average Bonchev–Trinajstić information content (AvgIpc) is 3.23. The summed E-state index contributed by atoms with van der Waals surface area (Å²) in [7, 11) is 0.177. The average molecular weight is 524 g/mol. The Labute approximate surface area is 210 Å². The molecule has 11 heteroatoms. The highest BCUT2D eigenvalue weighted by Crippen LogP contribution is 2.32. The number of methoxy groups -OCH3 is 1. The van der Waals surface area contributed by atoms with Gasteiger partial charge in [-0.2, -0.15) is 13.2 Å². The van der Waals surface area contributed by atoms with Crippen molar-refractivity contribution in [1.29, 1.82) is 0 Å². The number of anilines is 1. The zero-order valence-electron chi connectivity index (χ0n) is 20.0. The minimum Gasteiger partial charge on any atom is -0.497 e. The SMILES string of the molecule is COc1cccc(-c2nc(CS(=O)CC(O)N3CCN(c4cccc(C(F)(F)F)c4)CC3)c(C)o2)c1. The van der Waals surface area contributed by atoms with Gasteiger partial charge in [-0.25, -0.2) is 4.98 Å². The van der Waals surface area contributed by atoms with Crippen molar-refractivity contribution >= 4 is 16.5 Å². The molecule has 0 bridgehead atoms. The molecule has 1 aliphatic rings. The van der Waals surface area contributed by atoms with Gasteiger partial charge in [-0.05, 0) is 43.3 Å². The molecule has 2 aromatic carbocycles. The monoisotopic (exact) mass is 523 g/mol. The van der Waals surface area contributed by atoms with Gasteiger partial charge in [0.25, 0.3) is 0 Å². The van der Waals surface area contributed by atoms with Crippen LogP contribution in [0.5, 0.6) is 5.75 Å². The first-order valence-electron chi connectivity index (χ1n) is 11.4. The van der Waals surface area contributed by atoms with Crippen molar-refractivity contribution < 1.29 is 31.6 Å². The predicted octanol–water partition coefficient (Wildman–Crippen LogP) is 4.07. The second-order valence-corrected chi connectivity index (χ2v) is 10.1. The molecule has 0 radical (unpaired) electrons. The van der Waals surface area contributed by atoms with Crippen molar-refractivity contribution in [3.63, 3.8) is 0 Å². The molecule has 36 heavy (non-hydrogen) atoms. The second-order valence-electron chi connectivity index (χ2n) is 8.56. The number of aromatic nitrogens is 1. The summed E-state index contributed by atoms with van der Waals surface area (Å²) in [5.74, 6) is 1.81. The third-order valence-electron chi connectivity index (χ3n) is 6.12. The fraction of sp³-hybridized carbons (Fsp3) is 0.400. The van der Waals surface area contributed by atoms with Gasteiger partial charge in [-0.15, -0.1) is 0 Å². The standard InChI is InChI=1S/C25H28F3N3O4S/c1-17-22(29-24(35-17)18-5-3-8-21(13-18)34-2)15-36(33)16-23(32)31-11-9-30(10-12-31)20-7-4-6-19(14-20)25(26,27)28/h3-8,13-14,23,32H,9-12,15-16H2,1-2H3. The predicted molar refractivity (Wildman–Crippen MR) is 131 cm³/mol. The Morgan fingerprint density at radius 1 is 1.14 bits per heavy atom. The zero-order chi connectivity index (χ0) is 25.9. The lowest BCUT2D eigenvalue weighted by atomic mass is 10.1. The van der Waals surface area contributed by atoms with Gasteiger partial charge >= 0.3 is 6.18 Å². The first-order chi connectivity index (χ1) is 17.1. The van der Waals surface area contributed by atoms with Gasteiger partial charge in [0.1, 0.15) is 17.7 Å². The molecule has 0 spiro atoms. The van der Waals surface area contributed by atoms with E-state index in [-0.39, 0.29) is 11.5 Å². The maximum atomic E-state index is 13.0. The number of hydrogen-bond donors (Lipinski definition) is 1. The number of aliphatic hydroxyl groups excluding tert-OH is 1. The molecular weight excluding hydrogens is 495 g/mol. The molecule has 1 N–H and O–H groups in total. The number of benzene rings is 2. The fourth-order valence-electron chi connectivity index (χ4n) is 4.08. The summed E-state index contributed by atoms with van der Waals surface area (Å²) in [6.07, 6.45) is -5.32.